The van der Waals surface area contributed by atoms with Gasteiger partial charge in [-0.3, -0.25) is 0 Å². The van der Waals surface area contributed by atoms with Crippen LogP contribution in [-0.2, 0) is 10.0 Å². The lowest BCUT2D eigenvalue weighted by molar-refractivity contribution is 0.249. The van der Waals surface area contributed by atoms with Gasteiger partial charge in [-0.15, -0.1) is 12.4 Å². The largest absolute Gasteiger partial charge is 0.328 e. The molecule has 0 bridgehead atoms. The third kappa shape index (κ3) is 3.71. The molecular formula is C13H19ClF2N2O2S. The van der Waals surface area contributed by atoms with Gasteiger partial charge >= 0.3 is 0 Å². The third-order valence-electron chi connectivity index (χ3n) is 3.76. The molecule has 1 aliphatic rings. The zero-order chi connectivity index (χ0) is 14.9. The Morgan fingerprint density at radius 1 is 1.24 bits per heavy atom. The van der Waals surface area contributed by atoms with Crippen LogP contribution in [0.4, 0.5) is 8.78 Å². The molecule has 0 aliphatic carbocycles. The van der Waals surface area contributed by atoms with Gasteiger partial charge < -0.3 is 5.73 Å². The molecule has 1 aliphatic heterocycles. The van der Waals surface area contributed by atoms with Crippen molar-refractivity contribution < 1.29 is 17.2 Å². The van der Waals surface area contributed by atoms with Gasteiger partial charge in [0.25, 0.3) is 0 Å². The van der Waals surface area contributed by atoms with Crippen molar-refractivity contribution in [3.8, 4) is 0 Å². The molecule has 1 aromatic carbocycles. The minimum Gasteiger partial charge on any atom is -0.328 e. The third-order valence-corrected chi connectivity index (χ3v) is 5.71. The van der Waals surface area contributed by atoms with Crippen LogP contribution in [0.3, 0.4) is 0 Å². The maximum atomic E-state index is 13.6. The summed E-state index contributed by atoms with van der Waals surface area (Å²) in [5.41, 5.74) is 5.79. The maximum Gasteiger partial charge on any atom is 0.248 e. The summed E-state index contributed by atoms with van der Waals surface area (Å²) in [6, 6.07) is 3.03. The van der Waals surface area contributed by atoms with Gasteiger partial charge in [0.2, 0.25) is 10.0 Å². The van der Waals surface area contributed by atoms with Crippen molar-refractivity contribution in [3.63, 3.8) is 0 Å². The summed E-state index contributed by atoms with van der Waals surface area (Å²) in [7, 11) is -4.13. The van der Waals surface area contributed by atoms with Crippen LogP contribution >= 0.6 is 12.4 Å². The van der Waals surface area contributed by atoms with E-state index in [0.29, 0.717) is 12.8 Å². The number of sulfonamides is 1. The van der Waals surface area contributed by atoms with Crippen molar-refractivity contribution in [3.05, 3.63) is 29.8 Å². The molecule has 21 heavy (non-hydrogen) atoms. The molecule has 0 radical (unpaired) electrons. The Labute approximate surface area is 129 Å². The first-order valence-corrected chi connectivity index (χ1v) is 7.98. The van der Waals surface area contributed by atoms with E-state index in [1.54, 1.807) is 0 Å². The number of nitrogens with zero attached hydrogens (tertiary/aromatic N) is 1. The van der Waals surface area contributed by atoms with Crippen molar-refractivity contribution in [2.24, 2.45) is 11.7 Å². The summed E-state index contributed by atoms with van der Waals surface area (Å²) in [5.74, 6) is -1.87. The number of hydrogen-bond acceptors (Lipinski definition) is 3. The minimum atomic E-state index is -4.13. The molecule has 1 atom stereocenters. The van der Waals surface area contributed by atoms with Gasteiger partial charge in [-0.25, -0.2) is 17.2 Å². The molecule has 2 N–H and O–H groups in total. The second-order valence-corrected chi connectivity index (χ2v) is 7.03. The molecular weight excluding hydrogens is 322 g/mol. The van der Waals surface area contributed by atoms with Crippen LogP contribution in [0.15, 0.2) is 23.1 Å². The fourth-order valence-electron chi connectivity index (χ4n) is 2.50. The predicted octanol–water partition coefficient (Wildman–Crippen LogP) is 2.13. The SMILES string of the molecule is CC(N)C1CCN(S(=O)(=O)c2c(F)cccc2F)CC1.Cl. The number of hydrogen-bond donors (Lipinski definition) is 1. The van der Waals surface area contributed by atoms with Crippen molar-refractivity contribution in [2.45, 2.75) is 30.7 Å². The molecule has 2 rings (SSSR count). The lowest BCUT2D eigenvalue weighted by Crippen LogP contribution is -2.42. The van der Waals surface area contributed by atoms with Crippen LogP contribution in [-0.4, -0.2) is 31.9 Å². The van der Waals surface area contributed by atoms with Gasteiger partial charge in [0.05, 0.1) is 0 Å². The quantitative estimate of drug-likeness (QED) is 0.916. The van der Waals surface area contributed by atoms with E-state index in [4.69, 9.17) is 5.73 Å². The van der Waals surface area contributed by atoms with Gasteiger partial charge in [-0.1, -0.05) is 6.07 Å². The second kappa shape index (κ2) is 7.00. The highest BCUT2D eigenvalue weighted by Crippen LogP contribution is 2.27. The Morgan fingerprint density at radius 2 is 1.71 bits per heavy atom. The van der Waals surface area contributed by atoms with E-state index < -0.39 is 26.6 Å². The van der Waals surface area contributed by atoms with E-state index in [1.165, 1.54) is 0 Å². The Bertz CT molecular complexity index is 568. The number of halogens is 3. The summed E-state index contributed by atoms with van der Waals surface area (Å²) in [6.07, 6.45) is 1.21. The predicted molar refractivity (Wildman–Crippen MR) is 78.7 cm³/mol. The minimum absolute atomic E-state index is 0. The van der Waals surface area contributed by atoms with Crippen LogP contribution < -0.4 is 5.73 Å². The van der Waals surface area contributed by atoms with E-state index >= 15 is 0 Å². The second-order valence-electron chi connectivity index (χ2n) is 5.15. The Morgan fingerprint density at radius 3 is 2.14 bits per heavy atom. The van der Waals surface area contributed by atoms with Gasteiger partial charge in [-0.2, -0.15) is 4.31 Å². The van der Waals surface area contributed by atoms with E-state index in [-0.39, 0.29) is 37.5 Å². The van der Waals surface area contributed by atoms with Gasteiger partial charge in [0, 0.05) is 19.1 Å². The molecule has 0 spiro atoms. The first kappa shape index (κ1) is 18.3. The normalized spacial score (nSPS) is 19.0. The first-order valence-electron chi connectivity index (χ1n) is 6.53. The molecule has 1 fully saturated rings. The zero-order valence-corrected chi connectivity index (χ0v) is 13.3. The molecule has 1 aromatic rings. The molecule has 1 saturated heterocycles. The van der Waals surface area contributed by atoms with Gasteiger partial charge in [0.15, 0.2) is 4.90 Å². The van der Waals surface area contributed by atoms with E-state index in [2.05, 4.69) is 0 Å². The number of piperidine rings is 1. The molecule has 0 saturated carbocycles. The number of rotatable bonds is 3. The first-order chi connectivity index (χ1) is 9.34. The van der Waals surface area contributed by atoms with Crippen LogP contribution in [0.5, 0.6) is 0 Å². The number of nitrogens with two attached hydrogens (primary N) is 1. The summed E-state index contributed by atoms with van der Waals surface area (Å²) in [4.78, 5) is -0.862. The lowest BCUT2D eigenvalue weighted by Gasteiger charge is -2.33. The van der Waals surface area contributed by atoms with E-state index in [9.17, 15) is 17.2 Å². The van der Waals surface area contributed by atoms with Crippen molar-refractivity contribution >= 4 is 22.4 Å². The van der Waals surface area contributed by atoms with Gasteiger partial charge in [0.1, 0.15) is 11.6 Å². The summed E-state index contributed by atoms with van der Waals surface area (Å²) >= 11 is 0. The average Bonchev–Trinajstić information content (AvgIpc) is 2.38. The summed E-state index contributed by atoms with van der Waals surface area (Å²) in [6.45, 7) is 2.36. The molecule has 4 nitrogen and oxygen atoms in total. The molecule has 1 heterocycles. The fourth-order valence-corrected chi connectivity index (χ4v) is 4.08. The number of benzene rings is 1. The van der Waals surface area contributed by atoms with Crippen LogP contribution in [0.25, 0.3) is 0 Å². The molecule has 0 amide bonds. The molecule has 8 heteroatoms. The highest BCUT2D eigenvalue weighted by atomic mass is 35.5. The average molecular weight is 341 g/mol. The van der Waals surface area contributed by atoms with E-state index in [1.807, 2.05) is 6.92 Å². The molecule has 120 valence electrons. The lowest BCUT2D eigenvalue weighted by atomic mass is 9.92. The molecule has 0 aromatic heterocycles. The Kier molecular flexibility index (Phi) is 6.10. The van der Waals surface area contributed by atoms with Crippen molar-refractivity contribution in [1.29, 1.82) is 0 Å². The van der Waals surface area contributed by atoms with Crippen LogP contribution in [0.1, 0.15) is 19.8 Å². The monoisotopic (exact) mass is 340 g/mol. The van der Waals surface area contributed by atoms with Crippen molar-refractivity contribution in [2.75, 3.05) is 13.1 Å². The van der Waals surface area contributed by atoms with Crippen molar-refractivity contribution in [1.82, 2.24) is 4.31 Å². The maximum absolute atomic E-state index is 13.6. The van der Waals surface area contributed by atoms with Gasteiger partial charge in [-0.05, 0) is 37.8 Å². The molecule has 1 unspecified atom stereocenters. The fraction of sp³-hybridized carbons (Fsp3) is 0.538. The Balaban J connectivity index is 0.00000220. The Hall–Kier alpha value is -0.760. The summed E-state index contributed by atoms with van der Waals surface area (Å²) < 4.78 is 53.1. The van der Waals surface area contributed by atoms with Crippen LogP contribution in [0, 0.1) is 17.6 Å². The van der Waals surface area contributed by atoms with E-state index in [0.717, 1.165) is 22.5 Å². The smallest absolute Gasteiger partial charge is 0.248 e. The topological polar surface area (TPSA) is 63.4 Å². The standard InChI is InChI=1S/C13H18F2N2O2S.ClH/c1-9(16)10-5-7-17(8-6-10)20(18,19)13-11(14)3-2-4-12(13)15;/h2-4,9-10H,5-8,16H2,1H3;1H. The highest BCUT2D eigenvalue weighted by molar-refractivity contribution is 7.89. The highest BCUT2D eigenvalue weighted by Gasteiger charge is 2.34. The zero-order valence-electron chi connectivity index (χ0n) is 11.6. The van der Waals surface area contributed by atoms with Crippen LogP contribution in [0.2, 0.25) is 0 Å². The summed E-state index contributed by atoms with van der Waals surface area (Å²) in [5, 5.41) is 0.